The Hall–Kier alpha value is -0.620. The van der Waals surface area contributed by atoms with Gasteiger partial charge in [-0.2, -0.15) is 4.31 Å². The van der Waals surface area contributed by atoms with Crippen LogP contribution in [-0.2, 0) is 16.6 Å². The minimum absolute atomic E-state index is 0.0165. The molecule has 1 aliphatic heterocycles. The Morgan fingerprint density at radius 2 is 2.10 bits per heavy atom. The minimum atomic E-state index is -3.53. The highest BCUT2D eigenvalue weighted by Gasteiger charge is 2.34. The SMILES string of the molecule is CNCc1ccc(Cl)c(S(=O)(=O)N2CCC(C)CC2C)c1. The molecule has 118 valence electrons. The van der Waals surface area contributed by atoms with Gasteiger partial charge in [-0.25, -0.2) is 8.42 Å². The van der Waals surface area contributed by atoms with Crippen molar-refractivity contribution < 1.29 is 8.42 Å². The van der Waals surface area contributed by atoms with Gasteiger partial charge in [0.1, 0.15) is 4.90 Å². The van der Waals surface area contributed by atoms with Gasteiger partial charge in [0.05, 0.1) is 5.02 Å². The van der Waals surface area contributed by atoms with E-state index in [1.54, 1.807) is 16.4 Å². The molecule has 1 aromatic carbocycles. The zero-order valence-corrected chi connectivity index (χ0v) is 14.3. The topological polar surface area (TPSA) is 49.4 Å². The van der Waals surface area contributed by atoms with Crippen molar-refractivity contribution in [2.24, 2.45) is 5.92 Å². The molecule has 0 spiro atoms. The summed E-state index contributed by atoms with van der Waals surface area (Å²) in [7, 11) is -1.70. The Labute approximate surface area is 132 Å². The largest absolute Gasteiger partial charge is 0.316 e. The second-order valence-electron chi connectivity index (χ2n) is 5.89. The van der Waals surface area contributed by atoms with E-state index in [0.29, 0.717) is 24.0 Å². The molecule has 1 aromatic rings. The lowest BCUT2D eigenvalue weighted by Gasteiger charge is -2.35. The third-order valence-electron chi connectivity index (χ3n) is 4.04. The van der Waals surface area contributed by atoms with Gasteiger partial charge in [-0.05, 0) is 50.4 Å². The fraction of sp³-hybridized carbons (Fsp3) is 0.600. The fourth-order valence-electron chi connectivity index (χ4n) is 2.93. The number of hydrogen-bond donors (Lipinski definition) is 1. The minimum Gasteiger partial charge on any atom is -0.316 e. The van der Waals surface area contributed by atoms with Crippen LogP contribution in [0.4, 0.5) is 0 Å². The molecular weight excluding hydrogens is 308 g/mol. The van der Waals surface area contributed by atoms with Gasteiger partial charge in [0.15, 0.2) is 0 Å². The van der Waals surface area contributed by atoms with Crippen molar-refractivity contribution in [1.29, 1.82) is 0 Å². The monoisotopic (exact) mass is 330 g/mol. The summed E-state index contributed by atoms with van der Waals surface area (Å²) in [6.07, 6.45) is 1.80. The Bertz CT molecular complexity index is 604. The molecule has 2 rings (SSSR count). The summed E-state index contributed by atoms with van der Waals surface area (Å²) in [5.74, 6) is 0.567. The van der Waals surface area contributed by atoms with Crippen molar-refractivity contribution in [2.75, 3.05) is 13.6 Å². The molecule has 0 radical (unpaired) electrons. The van der Waals surface area contributed by atoms with Crippen LogP contribution in [0.5, 0.6) is 0 Å². The van der Waals surface area contributed by atoms with Crippen LogP contribution in [0.25, 0.3) is 0 Å². The lowest BCUT2D eigenvalue weighted by Crippen LogP contribution is -2.44. The second-order valence-corrected chi connectivity index (χ2v) is 8.16. The fourth-order valence-corrected chi connectivity index (χ4v) is 5.11. The molecule has 1 N–H and O–H groups in total. The predicted octanol–water partition coefficient (Wildman–Crippen LogP) is 2.87. The normalized spacial score (nSPS) is 24.2. The number of nitrogens with one attached hydrogen (secondary N) is 1. The van der Waals surface area contributed by atoms with Crippen LogP contribution in [0.15, 0.2) is 23.1 Å². The van der Waals surface area contributed by atoms with Crippen LogP contribution >= 0.6 is 11.6 Å². The van der Waals surface area contributed by atoms with Crippen LogP contribution in [0, 0.1) is 5.92 Å². The van der Waals surface area contributed by atoms with Gasteiger partial charge in [-0.3, -0.25) is 0 Å². The lowest BCUT2D eigenvalue weighted by molar-refractivity contribution is 0.220. The number of halogens is 1. The summed E-state index contributed by atoms with van der Waals surface area (Å²) in [5.41, 5.74) is 0.915. The van der Waals surface area contributed by atoms with Gasteiger partial charge in [-0.15, -0.1) is 0 Å². The first-order chi connectivity index (χ1) is 9.86. The van der Waals surface area contributed by atoms with Gasteiger partial charge in [0.2, 0.25) is 10.0 Å². The van der Waals surface area contributed by atoms with Gasteiger partial charge in [-0.1, -0.05) is 24.6 Å². The highest BCUT2D eigenvalue weighted by molar-refractivity contribution is 7.89. The smallest absolute Gasteiger partial charge is 0.244 e. The van der Waals surface area contributed by atoms with Gasteiger partial charge < -0.3 is 5.32 Å². The average Bonchev–Trinajstić information content (AvgIpc) is 2.40. The van der Waals surface area contributed by atoms with Crippen LogP contribution in [0.2, 0.25) is 5.02 Å². The van der Waals surface area contributed by atoms with Gasteiger partial charge >= 0.3 is 0 Å². The van der Waals surface area contributed by atoms with Crippen molar-refractivity contribution >= 4 is 21.6 Å². The number of sulfonamides is 1. The van der Waals surface area contributed by atoms with Crippen LogP contribution in [-0.4, -0.2) is 32.4 Å². The standard InChI is InChI=1S/C15H23ClN2O2S/c1-11-6-7-18(12(2)8-11)21(19,20)15-9-13(10-17-3)4-5-14(15)16/h4-5,9,11-12,17H,6-8,10H2,1-3H3. The maximum absolute atomic E-state index is 12.9. The summed E-state index contributed by atoms with van der Waals surface area (Å²) in [4.78, 5) is 0.221. The molecule has 2 unspecified atom stereocenters. The molecule has 4 nitrogen and oxygen atoms in total. The Morgan fingerprint density at radius 1 is 1.38 bits per heavy atom. The van der Waals surface area contributed by atoms with Crippen molar-refractivity contribution in [3.05, 3.63) is 28.8 Å². The van der Waals surface area contributed by atoms with Crippen molar-refractivity contribution in [3.63, 3.8) is 0 Å². The molecule has 1 saturated heterocycles. The maximum Gasteiger partial charge on any atom is 0.244 e. The lowest BCUT2D eigenvalue weighted by atomic mass is 9.95. The van der Waals surface area contributed by atoms with Crippen molar-refractivity contribution in [3.8, 4) is 0 Å². The Morgan fingerprint density at radius 3 is 2.71 bits per heavy atom. The van der Waals surface area contributed by atoms with E-state index in [-0.39, 0.29) is 10.9 Å². The quantitative estimate of drug-likeness (QED) is 0.923. The first-order valence-electron chi connectivity index (χ1n) is 7.31. The number of hydrogen-bond acceptors (Lipinski definition) is 3. The number of benzene rings is 1. The molecule has 0 aliphatic carbocycles. The third-order valence-corrected chi connectivity index (χ3v) is 6.54. The van der Waals surface area contributed by atoms with Crippen LogP contribution in [0.1, 0.15) is 32.3 Å². The van der Waals surface area contributed by atoms with Gasteiger partial charge in [0, 0.05) is 19.1 Å². The Kier molecular flexibility index (Phi) is 5.30. The molecule has 0 saturated carbocycles. The molecular formula is C15H23ClN2O2S. The maximum atomic E-state index is 12.9. The molecule has 1 fully saturated rings. The first kappa shape index (κ1) is 16.7. The Balaban J connectivity index is 2.37. The van der Waals surface area contributed by atoms with Crippen molar-refractivity contribution in [1.82, 2.24) is 9.62 Å². The second kappa shape index (κ2) is 6.65. The van der Waals surface area contributed by atoms with Gasteiger partial charge in [0.25, 0.3) is 0 Å². The van der Waals surface area contributed by atoms with Crippen LogP contribution in [0.3, 0.4) is 0 Å². The zero-order chi connectivity index (χ0) is 15.6. The van der Waals surface area contributed by atoms with E-state index in [1.807, 2.05) is 20.0 Å². The molecule has 1 heterocycles. The number of rotatable bonds is 4. The summed E-state index contributed by atoms with van der Waals surface area (Å²) < 4.78 is 27.4. The van der Waals surface area contributed by atoms with E-state index in [1.165, 1.54) is 0 Å². The van der Waals surface area contributed by atoms with E-state index in [4.69, 9.17) is 11.6 Å². The molecule has 0 amide bonds. The van der Waals surface area contributed by atoms with Crippen molar-refractivity contribution in [2.45, 2.75) is 44.2 Å². The molecule has 0 aromatic heterocycles. The average molecular weight is 331 g/mol. The number of nitrogens with zero attached hydrogens (tertiary/aromatic N) is 1. The highest BCUT2D eigenvalue weighted by Crippen LogP contribution is 2.31. The molecule has 0 bridgehead atoms. The summed E-state index contributed by atoms with van der Waals surface area (Å²) in [5, 5.41) is 3.32. The third kappa shape index (κ3) is 3.59. The van der Waals surface area contributed by atoms with E-state index in [0.717, 1.165) is 18.4 Å². The summed E-state index contributed by atoms with van der Waals surface area (Å²) in [6, 6.07) is 5.21. The van der Waals surface area contributed by atoms with E-state index >= 15 is 0 Å². The zero-order valence-electron chi connectivity index (χ0n) is 12.8. The van der Waals surface area contributed by atoms with E-state index in [2.05, 4.69) is 12.2 Å². The van der Waals surface area contributed by atoms with E-state index in [9.17, 15) is 8.42 Å². The molecule has 6 heteroatoms. The molecule has 2 atom stereocenters. The van der Waals surface area contributed by atoms with Crippen LogP contribution < -0.4 is 5.32 Å². The van der Waals surface area contributed by atoms with E-state index < -0.39 is 10.0 Å². The summed E-state index contributed by atoms with van der Waals surface area (Å²) >= 11 is 6.15. The molecule has 21 heavy (non-hydrogen) atoms. The molecule has 1 aliphatic rings. The first-order valence-corrected chi connectivity index (χ1v) is 9.13. The number of piperidine rings is 1. The highest BCUT2D eigenvalue weighted by atomic mass is 35.5. The summed E-state index contributed by atoms with van der Waals surface area (Å²) in [6.45, 7) is 5.32. The predicted molar refractivity (Wildman–Crippen MR) is 86.0 cm³/mol.